The first-order valence-corrected chi connectivity index (χ1v) is 2.96. The van der Waals surface area contributed by atoms with Gasteiger partial charge in [0.15, 0.2) is 0 Å². The van der Waals surface area contributed by atoms with Gasteiger partial charge in [0.25, 0.3) is 6.03 Å². The van der Waals surface area contributed by atoms with Crippen molar-refractivity contribution in [1.82, 2.24) is 0 Å². The molecule has 0 aliphatic carbocycles. The highest BCUT2D eigenvalue weighted by atomic mass is 31.2. The molecular formula is CH3O4P. The maximum absolute atomic E-state index is 9.74. The van der Waals surface area contributed by atoms with Crippen LogP contribution in [0.1, 0.15) is 0 Å². The molecule has 0 radical (unpaired) electrons. The van der Waals surface area contributed by atoms with Crippen LogP contribution in [0.25, 0.3) is 0 Å². The molecule has 0 amide bonds. The molecule has 1 rings (SSSR count). The summed E-state index contributed by atoms with van der Waals surface area (Å²) in [5, 5.41) is 7.96. The zero-order valence-corrected chi connectivity index (χ0v) is 3.63. The van der Waals surface area contributed by atoms with E-state index in [-0.39, 0.29) is 0 Å². The van der Waals surface area contributed by atoms with E-state index in [9.17, 15) is 4.57 Å². The average Bonchev–Trinajstić information content (AvgIpc) is 1.73. The van der Waals surface area contributed by atoms with Crippen molar-refractivity contribution in [2.24, 2.45) is 0 Å². The molecule has 36 valence electrons. The van der Waals surface area contributed by atoms with Gasteiger partial charge in [0.05, 0.1) is 0 Å². The Bertz CT molecular complexity index is 108. The lowest BCUT2D eigenvalue weighted by Crippen LogP contribution is -1.69. The van der Waals surface area contributed by atoms with Gasteiger partial charge in [0.1, 0.15) is 0 Å². The van der Waals surface area contributed by atoms with Crippen LogP contribution in [0.3, 0.4) is 0 Å². The summed E-state index contributed by atoms with van der Waals surface area (Å²) in [4.78, 5) is 7.98. The Labute approximate surface area is 33.9 Å². The molecule has 0 aromatic heterocycles. The van der Waals surface area contributed by atoms with E-state index < -0.39 is 13.6 Å². The molecule has 0 aromatic rings. The fraction of sp³-hybridized carbons (Fsp3) is 1.00. The summed E-state index contributed by atoms with van der Waals surface area (Å²) in [7, 11) is -3.42. The molecule has 1 aliphatic heterocycles. The normalized spacial score (nSPS) is 55.3. The van der Waals surface area contributed by atoms with Crippen molar-refractivity contribution in [3.63, 3.8) is 0 Å². The molecule has 6 heavy (non-hydrogen) atoms. The smallest absolute Gasteiger partial charge is 0.358 e. The molecular weight excluding hydrogens is 107 g/mol. The molecule has 1 fully saturated rings. The van der Waals surface area contributed by atoms with E-state index in [1.54, 1.807) is 0 Å². The molecule has 0 saturated carbocycles. The van der Waals surface area contributed by atoms with Crippen LogP contribution in [0.4, 0.5) is 0 Å². The first kappa shape index (κ1) is 4.27. The quantitative estimate of drug-likeness (QED) is 0.325. The lowest BCUT2D eigenvalue weighted by Gasteiger charge is -1.64. The zero-order valence-electron chi connectivity index (χ0n) is 2.74. The van der Waals surface area contributed by atoms with Gasteiger partial charge in [-0.05, 0) is 0 Å². The van der Waals surface area contributed by atoms with Gasteiger partial charge in [-0.1, -0.05) is 0 Å². The summed E-state index contributed by atoms with van der Waals surface area (Å²) >= 11 is 0. The van der Waals surface area contributed by atoms with E-state index in [2.05, 4.69) is 4.52 Å². The molecule has 5 heteroatoms. The Kier molecular flexibility index (Phi) is 0.602. The van der Waals surface area contributed by atoms with Crippen molar-refractivity contribution in [2.75, 3.05) is 0 Å². The molecule has 0 spiro atoms. The van der Waals surface area contributed by atoms with Crippen LogP contribution in [0.2, 0.25) is 0 Å². The van der Waals surface area contributed by atoms with E-state index in [0.717, 1.165) is 0 Å². The van der Waals surface area contributed by atoms with Crippen LogP contribution in [0, 0.1) is 0 Å². The summed E-state index contributed by atoms with van der Waals surface area (Å²) in [6, 6.07) is -1.39. The first-order chi connectivity index (χ1) is 2.63. The molecule has 1 aliphatic rings. The highest BCUT2D eigenvalue weighted by molar-refractivity contribution is 7.59. The molecule has 2 atom stereocenters. The van der Waals surface area contributed by atoms with Crippen molar-refractivity contribution < 1.29 is 19.1 Å². The van der Waals surface area contributed by atoms with Crippen molar-refractivity contribution in [3.05, 3.63) is 0 Å². The van der Waals surface area contributed by atoms with Crippen LogP contribution >= 0.6 is 7.60 Å². The van der Waals surface area contributed by atoms with E-state index >= 15 is 0 Å². The third-order valence-electron chi connectivity index (χ3n) is 0.479. The fourth-order valence-electron chi connectivity index (χ4n) is 0.108. The Balaban J connectivity index is 2.64. The minimum atomic E-state index is -3.42. The maximum Gasteiger partial charge on any atom is 0.387 e. The highest BCUT2D eigenvalue weighted by Gasteiger charge is 2.50. The molecule has 1 heterocycles. The van der Waals surface area contributed by atoms with Gasteiger partial charge in [-0.15, -0.1) is 0 Å². The van der Waals surface area contributed by atoms with Crippen LogP contribution in [-0.2, 0) is 9.09 Å². The second kappa shape index (κ2) is 0.845. The lowest BCUT2D eigenvalue weighted by molar-refractivity contribution is 0.157. The monoisotopic (exact) mass is 110 g/mol. The lowest BCUT2D eigenvalue weighted by atomic mass is 11.5. The second-order valence-electron chi connectivity index (χ2n) is 0.996. The van der Waals surface area contributed by atoms with Crippen molar-refractivity contribution in [1.29, 1.82) is 0 Å². The fourth-order valence-corrected chi connectivity index (χ4v) is 0.566. The highest BCUT2D eigenvalue weighted by Crippen LogP contribution is 2.64. The summed E-state index contributed by atoms with van der Waals surface area (Å²) in [5.74, 6) is 0. The molecule has 1 saturated heterocycles. The zero-order chi connectivity index (χ0) is 4.78. The summed E-state index contributed by atoms with van der Waals surface area (Å²) in [5.41, 5.74) is 0. The van der Waals surface area contributed by atoms with E-state index in [0.29, 0.717) is 0 Å². The second-order valence-corrected chi connectivity index (χ2v) is 2.78. The molecule has 0 bridgehead atoms. The van der Waals surface area contributed by atoms with Crippen LogP contribution in [-0.4, -0.2) is 16.0 Å². The number of hydrogen-bond donors (Lipinski definition) is 2. The largest absolute Gasteiger partial charge is 0.387 e. The molecule has 4 nitrogen and oxygen atoms in total. The topological polar surface area (TPSA) is 70.1 Å². The van der Waals surface area contributed by atoms with Gasteiger partial charge in [-0.2, -0.15) is 0 Å². The number of aliphatic hydroxyl groups is 1. The van der Waals surface area contributed by atoms with Crippen molar-refractivity contribution in [2.45, 2.75) is 6.03 Å². The van der Waals surface area contributed by atoms with E-state index in [1.165, 1.54) is 0 Å². The molecule has 2 N–H and O–H groups in total. The van der Waals surface area contributed by atoms with Crippen molar-refractivity contribution >= 4 is 7.60 Å². The Morgan fingerprint density at radius 1 is 1.83 bits per heavy atom. The minimum absolute atomic E-state index is 1.39. The van der Waals surface area contributed by atoms with Gasteiger partial charge in [-0.3, -0.25) is 9.09 Å². The maximum atomic E-state index is 9.74. The third kappa shape index (κ3) is 0.479. The molecule has 2 unspecified atom stereocenters. The van der Waals surface area contributed by atoms with Gasteiger partial charge in [0.2, 0.25) is 0 Å². The minimum Gasteiger partial charge on any atom is -0.358 e. The van der Waals surface area contributed by atoms with Gasteiger partial charge < -0.3 is 10.00 Å². The summed E-state index contributed by atoms with van der Waals surface area (Å²) in [6.45, 7) is 0. The number of hydrogen-bond acceptors (Lipinski definition) is 3. The predicted octanol–water partition coefficient (Wildman–Crippen LogP) is -0.522. The van der Waals surface area contributed by atoms with Crippen LogP contribution in [0.15, 0.2) is 0 Å². The van der Waals surface area contributed by atoms with Gasteiger partial charge in [0, 0.05) is 0 Å². The van der Waals surface area contributed by atoms with E-state index in [1.807, 2.05) is 0 Å². The SMILES string of the molecule is O=P1(O)OC1O. The Morgan fingerprint density at radius 3 is 2.00 bits per heavy atom. The number of aliphatic hydroxyl groups excluding tert-OH is 1. The Hall–Kier alpha value is 0.110. The van der Waals surface area contributed by atoms with Crippen LogP contribution < -0.4 is 0 Å². The van der Waals surface area contributed by atoms with Crippen molar-refractivity contribution in [3.8, 4) is 0 Å². The first-order valence-electron chi connectivity index (χ1n) is 1.32. The Morgan fingerprint density at radius 2 is 2.00 bits per heavy atom. The van der Waals surface area contributed by atoms with Gasteiger partial charge in [-0.25, -0.2) is 0 Å². The van der Waals surface area contributed by atoms with E-state index in [4.69, 9.17) is 10.00 Å². The average molecular weight is 110 g/mol. The van der Waals surface area contributed by atoms with Gasteiger partial charge >= 0.3 is 7.60 Å². The predicted molar refractivity (Wildman–Crippen MR) is 16.9 cm³/mol. The van der Waals surface area contributed by atoms with Crippen LogP contribution in [0.5, 0.6) is 0 Å². The summed E-state index contributed by atoms with van der Waals surface area (Å²) < 4.78 is 13.5. The molecule has 0 aromatic carbocycles. The third-order valence-corrected chi connectivity index (χ3v) is 1.44. The standard InChI is InChI=1S/CH3O4P/c2-1-5-6(1,3)4/h1-2H,(H,3,4). The number of rotatable bonds is 0. The summed E-state index contributed by atoms with van der Waals surface area (Å²) in [6.07, 6.45) is 0.